The van der Waals surface area contributed by atoms with Crippen LogP contribution in [0.4, 0.5) is 13.2 Å². The molecule has 0 aliphatic carbocycles. The van der Waals surface area contributed by atoms with Crippen LogP contribution in [0.2, 0.25) is 0 Å². The van der Waals surface area contributed by atoms with Crippen LogP contribution in [0.25, 0.3) is 0 Å². The van der Waals surface area contributed by atoms with E-state index in [1.165, 1.54) is 6.42 Å². The van der Waals surface area contributed by atoms with Crippen LogP contribution < -0.4 is 0 Å². The van der Waals surface area contributed by atoms with Gasteiger partial charge in [0.05, 0.1) is 0 Å². The summed E-state index contributed by atoms with van der Waals surface area (Å²) in [7, 11) is 0. The predicted octanol–water partition coefficient (Wildman–Crippen LogP) is 4.82. The number of hydrogen-bond acceptors (Lipinski definition) is 2. The summed E-state index contributed by atoms with van der Waals surface area (Å²) in [6.45, 7) is 1.50. The minimum atomic E-state index is -3.99. The Morgan fingerprint density at radius 2 is 1.63 bits per heavy atom. The van der Waals surface area contributed by atoms with Crippen LogP contribution in [-0.2, 0) is 9.47 Å². The minimum absolute atomic E-state index is 0.0273. The van der Waals surface area contributed by atoms with E-state index in [9.17, 15) is 13.2 Å². The fourth-order valence-electron chi connectivity index (χ4n) is 2.19. The summed E-state index contributed by atoms with van der Waals surface area (Å²) in [5.41, 5.74) is 0. The number of rotatable bonds is 9. The number of halogens is 3. The third-order valence-electron chi connectivity index (χ3n) is 3.30. The molecule has 0 spiro atoms. The molecule has 0 saturated carbocycles. The zero-order chi connectivity index (χ0) is 14.0. The average molecular weight is 282 g/mol. The molecule has 0 bridgehead atoms. The molecule has 0 radical (unpaired) electrons. The highest BCUT2D eigenvalue weighted by atomic mass is 19.4. The van der Waals surface area contributed by atoms with Gasteiger partial charge in [0, 0.05) is 19.6 Å². The van der Waals surface area contributed by atoms with E-state index < -0.39 is 12.6 Å². The molecule has 1 unspecified atom stereocenters. The van der Waals surface area contributed by atoms with Gasteiger partial charge >= 0.3 is 6.18 Å². The monoisotopic (exact) mass is 282 g/mol. The van der Waals surface area contributed by atoms with Crippen molar-refractivity contribution in [3.05, 3.63) is 0 Å². The van der Waals surface area contributed by atoms with Crippen molar-refractivity contribution >= 4 is 0 Å². The van der Waals surface area contributed by atoms with Gasteiger partial charge in [-0.25, -0.2) is 0 Å². The topological polar surface area (TPSA) is 18.5 Å². The zero-order valence-electron chi connectivity index (χ0n) is 11.5. The molecule has 0 amide bonds. The van der Waals surface area contributed by atoms with E-state index in [4.69, 9.17) is 9.47 Å². The van der Waals surface area contributed by atoms with Crippen molar-refractivity contribution in [1.82, 2.24) is 0 Å². The summed E-state index contributed by atoms with van der Waals surface area (Å²) in [5, 5.41) is 0. The third-order valence-corrected chi connectivity index (χ3v) is 3.30. The second-order valence-corrected chi connectivity index (χ2v) is 5.15. The molecule has 2 nitrogen and oxygen atoms in total. The first kappa shape index (κ1) is 16.8. The lowest BCUT2D eigenvalue weighted by Gasteiger charge is -2.22. The lowest BCUT2D eigenvalue weighted by Crippen LogP contribution is -2.22. The number of hydrogen-bond donors (Lipinski definition) is 0. The molecule has 1 fully saturated rings. The number of unbranched alkanes of at least 4 members (excludes halogenated alkanes) is 5. The Morgan fingerprint density at radius 3 is 2.26 bits per heavy atom. The van der Waals surface area contributed by atoms with Gasteiger partial charge < -0.3 is 9.47 Å². The standard InChI is InChI=1S/C14H25F3O2/c15-14(16,17)10-6-3-1-2-4-7-11-18-13-9-5-8-12-19-13/h13H,1-12H2. The molecule has 0 aromatic rings. The molecule has 114 valence electrons. The van der Waals surface area contributed by atoms with Gasteiger partial charge in [0.15, 0.2) is 6.29 Å². The fourth-order valence-corrected chi connectivity index (χ4v) is 2.19. The summed E-state index contributed by atoms with van der Waals surface area (Å²) >= 11 is 0. The molecule has 1 heterocycles. The summed E-state index contributed by atoms with van der Waals surface area (Å²) in [4.78, 5) is 0. The molecule has 19 heavy (non-hydrogen) atoms. The maximum Gasteiger partial charge on any atom is 0.389 e. The molecule has 1 saturated heterocycles. The van der Waals surface area contributed by atoms with Crippen molar-refractivity contribution in [3.8, 4) is 0 Å². The van der Waals surface area contributed by atoms with Crippen LogP contribution in [-0.4, -0.2) is 25.7 Å². The lowest BCUT2D eigenvalue weighted by molar-refractivity contribution is -0.162. The van der Waals surface area contributed by atoms with E-state index in [0.29, 0.717) is 13.0 Å². The van der Waals surface area contributed by atoms with Gasteiger partial charge in [-0.05, 0) is 32.1 Å². The lowest BCUT2D eigenvalue weighted by atomic mass is 10.1. The molecular weight excluding hydrogens is 257 g/mol. The van der Waals surface area contributed by atoms with Crippen molar-refractivity contribution in [3.63, 3.8) is 0 Å². The number of ether oxygens (including phenoxy) is 2. The van der Waals surface area contributed by atoms with Crippen LogP contribution in [0.3, 0.4) is 0 Å². The molecule has 0 N–H and O–H groups in total. The Bertz CT molecular complexity index is 213. The smallest absolute Gasteiger partial charge is 0.353 e. The second-order valence-electron chi connectivity index (χ2n) is 5.15. The zero-order valence-corrected chi connectivity index (χ0v) is 11.5. The molecule has 1 aliphatic heterocycles. The van der Waals surface area contributed by atoms with Crippen LogP contribution in [0, 0.1) is 0 Å². The Balaban J connectivity index is 1.78. The summed E-state index contributed by atoms with van der Waals surface area (Å²) in [6, 6.07) is 0. The van der Waals surface area contributed by atoms with Crippen molar-refractivity contribution in [2.24, 2.45) is 0 Å². The number of alkyl halides is 3. The van der Waals surface area contributed by atoms with E-state index in [-0.39, 0.29) is 12.7 Å². The minimum Gasteiger partial charge on any atom is -0.353 e. The third kappa shape index (κ3) is 10.2. The SMILES string of the molecule is FC(F)(F)CCCCCCCCOC1CCCCO1. The van der Waals surface area contributed by atoms with Gasteiger partial charge in [-0.2, -0.15) is 13.2 Å². The summed E-state index contributed by atoms with van der Waals surface area (Å²) in [5.74, 6) is 0. The van der Waals surface area contributed by atoms with Crippen LogP contribution in [0.15, 0.2) is 0 Å². The van der Waals surface area contributed by atoms with Crippen LogP contribution >= 0.6 is 0 Å². The quantitative estimate of drug-likeness (QED) is 0.564. The Hall–Kier alpha value is -0.290. The summed E-state index contributed by atoms with van der Waals surface area (Å²) in [6.07, 6.45) is 3.42. The predicted molar refractivity (Wildman–Crippen MR) is 67.9 cm³/mol. The molecule has 0 aromatic carbocycles. The first-order valence-electron chi connectivity index (χ1n) is 7.38. The van der Waals surface area contributed by atoms with E-state index >= 15 is 0 Å². The van der Waals surface area contributed by atoms with Gasteiger partial charge in [-0.1, -0.05) is 25.7 Å². The average Bonchev–Trinajstić information content (AvgIpc) is 2.37. The first-order chi connectivity index (χ1) is 9.08. The van der Waals surface area contributed by atoms with E-state index in [2.05, 4.69) is 0 Å². The van der Waals surface area contributed by atoms with Crippen LogP contribution in [0.1, 0.15) is 64.2 Å². The second kappa shape index (κ2) is 9.59. The maximum absolute atomic E-state index is 11.9. The highest BCUT2D eigenvalue weighted by Crippen LogP contribution is 2.23. The Labute approximate surface area is 113 Å². The van der Waals surface area contributed by atoms with Gasteiger partial charge in [0.2, 0.25) is 0 Å². The molecule has 1 atom stereocenters. The normalized spacial score (nSPS) is 20.7. The van der Waals surface area contributed by atoms with Crippen LogP contribution in [0.5, 0.6) is 0 Å². The first-order valence-corrected chi connectivity index (χ1v) is 7.38. The van der Waals surface area contributed by atoms with E-state index in [0.717, 1.165) is 45.1 Å². The van der Waals surface area contributed by atoms with E-state index in [1.54, 1.807) is 0 Å². The van der Waals surface area contributed by atoms with E-state index in [1.807, 2.05) is 0 Å². The van der Waals surface area contributed by atoms with Gasteiger partial charge in [-0.15, -0.1) is 0 Å². The highest BCUT2D eigenvalue weighted by Gasteiger charge is 2.25. The molecule has 0 aromatic heterocycles. The van der Waals surface area contributed by atoms with Crippen molar-refractivity contribution in [2.45, 2.75) is 76.7 Å². The Morgan fingerprint density at radius 1 is 0.947 bits per heavy atom. The molecule has 5 heteroatoms. The molecule has 1 aliphatic rings. The molecule has 1 rings (SSSR count). The Kier molecular flexibility index (Phi) is 8.46. The fraction of sp³-hybridized carbons (Fsp3) is 1.00. The van der Waals surface area contributed by atoms with Gasteiger partial charge in [0.25, 0.3) is 0 Å². The highest BCUT2D eigenvalue weighted by molar-refractivity contribution is 4.55. The summed E-state index contributed by atoms with van der Waals surface area (Å²) < 4.78 is 46.7. The van der Waals surface area contributed by atoms with Gasteiger partial charge in [-0.3, -0.25) is 0 Å². The van der Waals surface area contributed by atoms with Crippen molar-refractivity contribution < 1.29 is 22.6 Å². The van der Waals surface area contributed by atoms with Crippen molar-refractivity contribution in [1.29, 1.82) is 0 Å². The van der Waals surface area contributed by atoms with Gasteiger partial charge in [0.1, 0.15) is 0 Å². The molecular formula is C14H25F3O2. The largest absolute Gasteiger partial charge is 0.389 e. The van der Waals surface area contributed by atoms with Crippen molar-refractivity contribution in [2.75, 3.05) is 13.2 Å². The maximum atomic E-state index is 11.9.